The van der Waals surface area contributed by atoms with Gasteiger partial charge in [-0.2, -0.15) is 0 Å². The van der Waals surface area contributed by atoms with Crippen molar-refractivity contribution in [1.29, 1.82) is 0 Å². The summed E-state index contributed by atoms with van der Waals surface area (Å²) < 4.78 is 59.2. The molecule has 121 valence electrons. The van der Waals surface area contributed by atoms with Gasteiger partial charge in [0.25, 0.3) is 0 Å². The van der Waals surface area contributed by atoms with E-state index in [4.69, 9.17) is 23.2 Å². The molecule has 0 unspecified atom stereocenters. The quantitative estimate of drug-likeness (QED) is 0.236. The van der Waals surface area contributed by atoms with E-state index in [9.17, 15) is 25.2 Å². The van der Waals surface area contributed by atoms with Gasteiger partial charge < -0.3 is 0 Å². The number of benzene rings is 1. The molecule has 0 amide bonds. The van der Waals surface area contributed by atoms with Gasteiger partial charge in [-0.25, -0.2) is 0 Å². The normalized spacial score (nSPS) is 17.0. The maximum atomic E-state index is 9.87. The minimum absolute atomic E-state index is 0. The van der Waals surface area contributed by atoms with Crippen LogP contribution in [0.4, 0.5) is 25.2 Å². The Balaban J connectivity index is 0. The summed E-state index contributed by atoms with van der Waals surface area (Å²) in [6, 6.07) is 7.19. The monoisotopic (exact) mass is 412 g/mol. The van der Waals surface area contributed by atoms with E-state index < -0.39 is 7.81 Å². The van der Waals surface area contributed by atoms with Crippen molar-refractivity contribution >= 4 is 31.0 Å². The fourth-order valence-corrected chi connectivity index (χ4v) is 1.03. The molecule has 0 aromatic heterocycles. The van der Waals surface area contributed by atoms with Gasteiger partial charge in [-0.1, -0.05) is 35.3 Å². The second-order valence-corrected chi connectivity index (χ2v) is 6.07. The number of rotatable bonds is 0. The molecular formula is C11H9Cl2F6FeP+. The molecule has 0 bridgehead atoms. The summed E-state index contributed by atoms with van der Waals surface area (Å²) in [5, 5.41) is 1.21. The SMILES string of the molecule is Clc1ccccc1Cl.F[P-](F)(F)(F)(F)F.[CH]1[CH][CH][CH][CH]1.[Fe+2]. The van der Waals surface area contributed by atoms with Crippen LogP contribution in [0.5, 0.6) is 0 Å². The first-order chi connectivity index (χ1) is 8.75. The van der Waals surface area contributed by atoms with Crippen LogP contribution in [-0.2, 0) is 17.1 Å². The van der Waals surface area contributed by atoms with Crippen molar-refractivity contribution in [3.05, 3.63) is 66.4 Å². The molecule has 0 saturated heterocycles. The van der Waals surface area contributed by atoms with Crippen molar-refractivity contribution in [3.63, 3.8) is 0 Å². The first-order valence-corrected chi connectivity index (χ1v) is 7.67. The zero-order valence-corrected chi connectivity index (χ0v) is 13.5. The van der Waals surface area contributed by atoms with Crippen molar-refractivity contribution in [2.45, 2.75) is 0 Å². The van der Waals surface area contributed by atoms with E-state index in [0.29, 0.717) is 10.0 Å². The van der Waals surface area contributed by atoms with Crippen LogP contribution in [0.25, 0.3) is 0 Å². The third-order valence-electron chi connectivity index (χ3n) is 1.38. The maximum Gasteiger partial charge on any atom is 2.00 e. The summed E-state index contributed by atoms with van der Waals surface area (Å²) in [5.41, 5.74) is 0. The average molecular weight is 413 g/mol. The van der Waals surface area contributed by atoms with Gasteiger partial charge in [-0.15, -0.1) is 0 Å². The standard InChI is InChI=1S/C6H4Cl2.C5H5.F6P.Fe/c7-5-3-1-2-4-6(5)8;1-2-4-5-3-1;1-7(2,3,4,5)6;/h1-4H;1-5H;;/q;;-1;+2. The number of hydrogen-bond acceptors (Lipinski definition) is 0. The Morgan fingerprint density at radius 2 is 0.810 bits per heavy atom. The van der Waals surface area contributed by atoms with Crippen LogP contribution in [0, 0.1) is 32.1 Å². The summed E-state index contributed by atoms with van der Waals surface area (Å²) in [4.78, 5) is 0. The molecule has 0 aliphatic heterocycles. The van der Waals surface area contributed by atoms with Crippen molar-refractivity contribution in [2.24, 2.45) is 0 Å². The molecule has 0 heterocycles. The van der Waals surface area contributed by atoms with E-state index in [-0.39, 0.29) is 17.1 Å². The van der Waals surface area contributed by atoms with E-state index >= 15 is 0 Å². The van der Waals surface area contributed by atoms with Crippen LogP contribution >= 0.6 is 31.0 Å². The van der Waals surface area contributed by atoms with Crippen molar-refractivity contribution in [3.8, 4) is 0 Å². The fraction of sp³-hybridized carbons (Fsp3) is 0. The van der Waals surface area contributed by atoms with E-state index in [0.717, 1.165) is 0 Å². The van der Waals surface area contributed by atoms with E-state index in [1.165, 1.54) is 0 Å². The molecule has 1 aliphatic carbocycles. The van der Waals surface area contributed by atoms with Crippen LogP contribution in [0.1, 0.15) is 0 Å². The average Bonchev–Trinajstić information content (AvgIpc) is 2.76. The van der Waals surface area contributed by atoms with Crippen molar-refractivity contribution in [2.75, 3.05) is 0 Å². The molecule has 1 aliphatic rings. The van der Waals surface area contributed by atoms with Crippen LogP contribution < -0.4 is 0 Å². The van der Waals surface area contributed by atoms with Gasteiger partial charge in [0.05, 0.1) is 10.0 Å². The van der Waals surface area contributed by atoms with Crippen molar-refractivity contribution < 1.29 is 42.3 Å². The molecule has 0 spiro atoms. The topological polar surface area (TPSA) is 0 Å². The van der Waals surface area contributed by atoms with Crippen LogP contribution in [0.2, 0.25) is 10.0 Å². The predicted octanol–water partition coefficient (Wildman–Crippen LogP) is 7.39. The van der Waals surface area contributed by atoms with Gasteiger partial charge >= 0.3 is 50.1 Å². The molecular weight excluding hydrogens is 404 g/mol. The minimum atomic E-state index is -10.7. The Kier molecular flexibility index (Phi) is 9.28. The van der Waals surface area contributed by atoms with Crippen LogP contribution in [0.15, 0.2) is 24.3 Å². The van der Waals surface area contributed by atoms with Gasteiger partial charge in [-0.3, -0.25) is 0 Å². The molecule has 21 heavy (non-hydrogen) atoms. The summed E-state index contributed by atoms with van der Waals surface area (Å²) in [6.45, 7) is 0. The smallest absolute Gasteiger partial charge is 0.0312 e. The molecule has 0 nitrogen and oxygen atoms in total. The summed E-state index contributed by atoms with van der Waals surface area (Å²) in [6.07, 6.45) is 10.0. The zero-order valence-electron chi connectivity index (χ0n) is 10.0. The molecule has 2 rings (SSSR count). The van der Waals surface area contributed by atoms with Gasteiger partial charge in [-0.05, 0) is 44.2 Å². The largest absolute Gasteiger partial charge is 2.00 e. The third-order valence-corrected chi connectivity index (χ3v) is 2.14. The minimum Gasteiger partial charge on any atom is -0.0312 e. The Labute approximate surface area is 139 Å². The third kappa shape index (κ3) is 25.6. The molecule has 0 N–H and O–H groups in total. The molecule has 0 atom stereocenters. The molecule has 1 fully saturated rings. The van der Waals surface area contributed by atoms with Gasteiger partial charge in [0.1, 0.15) is 0 Å². The Morgan fingerprint density at radius 3 is 0.952 bits per heavy atom. The number of hydrogen-bond donors (Lipinski definition) is 0. The predicted molar refractivity (Wildman–Crippen MR) is 71.5 cm³/mol. The molecule has 10 heteroatoms. The summed E-state index contributed by atoms with van der Waals surface area (Å²) in [7, 11) is -10.7. The molecule has 5 radical (unpaired) electrons. The van der Waals surface area contributed by atoms with Crippen LogP contribution in [0.3, 0.4) is 0 Å². The Bertz CT molecular complexity index is 379. The fourth-order valence-electron chi connectivity index (χ4n) is 0.760. The molecule has 1 saturated carbocycles. The van der Waals surface area contributed by atoms with Gasteiger partial charge in [0, 0.05) is 0 Å². The maximum absolute atomic E-state index is 10.7. The van der Waals surface area contributed by atoms with E-state index in [1.807, 2.05) is 44.2 Å². The first kappa shape index (κ1) is 23.6. The first-order valence-electron chi connectivity index (χ1n) is 4.89. The van der Waals surface area contributed by atoms with Gasteiger partial charge in [0.2, 0.25) is 0 Å². The Morgan fingerprint density at radius 1 is 0.619 bits per heavy atom. The molecule has 1 aromatic carbocycles. The van der Waals surface area contributed by atoms with Crippen LogP contribution in [-0.4, -0.2) is 0 Å². The second-order valence-electron chi connectivity index (χ2n) is 3.33. The van der Waals surface area contributed by atoms with Crippen molar-refractivity contribution in [1.82, 2.24) is 0 Å². The van der Waals surface area contributed by atoms with E-state index in [1.54, 1.807) is 12.1 Å². The molecule has 1 aromatic rings. The summed E-state index contributed by atoms with van der Waals surface area (Å²) in [5.74, 6) is 0. The zero-order chi connectivity index (χ0) is 15.9. The van der Waals surface area contributed by atoms with E-state index in [2.05, 4.69) is 0 Å². The Hall–Kier alpha value is 0.329. The number of halogens is 8. The van der Waals surface area contributed by atoms with Gasteiger partial charge in [0.15, 0.2) is 0 Å². The second kappa shape index (κ2) is 8.26. The summed E-state index contributed by atoms with van der Waals surface area (Å²) >= 11 is 11.2.